The number of nitrogens with one attached hydrogen (secondary N) is 1. The lowest BCUT2D eigenvalue weighted by Crippen LogP contribution is -2.49. The lowest BCUT2D eigenvalue weighted by atomic mass is 9.90. The highest BCUT2D eigenvalue weighted by Gasteiger charge is 2.30. The molecule has 0 atom stereocenters. The molecule has 4 rings (SSSR count). The van der Waals surface area contributed by atoms with E-state index in [9.17, 15) is 13.2 Å². The Morgan fingerprint density at radius 3 is 2.06 bits per heavy atom. The number of rotatable bonds is 8. The second-order valence-corrected chi connectivity index (χ2v) is 10.4. The number of piperazine rings is 1. The molecule has 0 spiro atoms. The average molecular weight is 492 g/mol. The zero-order valence-corrected chi connectivity index (χ0v) is 20.1. The van der Waals surface area contributed by atoms with Crippen molar-refractivity contribution < 1.29 is 18.4 Å². The molecule has 35 heavy (non-hydrogen) atoms. The molecular weight excluding hydrogens is 462 g/mol. The van der Waals surface area contributed by atoms with Crippen LogP contribution in [0.1, 0.15) is 22.6 Å². The first-order valence-electron chi connectivity index (χ1n) is 11.5. The Bertz CT molecular complexity index is 1220. The number of benzene rings is 3. The van der Waals surface area contributed by atoms with E-state index in [0.29, 0.717) is 31.7 Å². The van der Waals surface area contributed by atoms with E-state index in [1.807, 2.05) is 12.1 Å². The Morgan fingerprint density at radius 1 is 0.886 bits per heavy atom. The number of hydrogen-bond donors (Lipinski definition) is 2. The summed E-state index contributed by atoms with van der Waals surface area (Å²) in [5, 5.41) is 8.61. The van der Waals surface area contributed by atoms with Crippen molar-refractivity contribution in [3.05, 3.63) is 108 Å². The number of carbonyl (C=O) groups is 1. The molecule has 3 aromatic rings. The van der Waals surface area contributed by atoms with Crippen molar-refractivity contribution in [2.45, 2.75) is 10.8 Å². The predicted molar refractivity (Wildman–Crippen MR) is 135 cm³/mol. The molecule has 1 amide bonds. The minimum atomic E-state index is -3.66. The quantitative estimate of drug-likeness (QED) is 0.287. The molecule has 7 nitrogen and oxygen atoms in total. The molecule has 1 saturated heterocycles. The summed E-state index contributed by atoms with van der Waals surface area (Å²) < 4.78 is 28.1. The number of amides is 1. The summed E-state index contributed by atoms with van der Waals surface area (Å²) in [5.41, 5.74) is 4.56. The smallest absolute Gasteiger partial charge is 0.267 e. The molecule has 1 aliphatic rings. The second kappa shape index (κ2) is 11.4. The van der Waals surface area contributed by atoms with Crippen LogP contribution in [0.25, 0.3) is 6.08 Å². The third kappa shape index (κ3) is 6.23. The van der Waals surface area contributed by atoms with E-state index in [4.69, 9.17) is 5.21 Å². The summed E-state index contributed by atoms with van der Waals surface area (Å²) in [6.45, 7) is 2.92. The maximum atomic E-state index is 13.3. The van der Waals surface area contributed by atoms with Gasteiger partial charge in [-0.2, -0.15) is 4.31 Å². The molecule has 1 fully saturated rings. The van der Waals surface area contributed by atoms with E-state index in [-0.39, 0.29) is 10.8 Å². The second-order valence-electron chi connectivity index (χ2n) is 8.46. The monoisotopic (exact) mass is 491 g/mol. The fourth-order valence-electron chi connectivity index (χ4n) is 4.32. The van der Waals surface area contributed by atoms with E-state index >= 15 is 0 Å². The van der Waals surface area contributed by atoms with Crippen LogP contribution < -0.4 is 5.48 Å². The zero-order valence-electron chi connectivity index (χ0n) is 19.3. The van der Waals surface area contributed by atoms with Crippen molar-refractivity contribution in [1.82, 2.24) is 14.7 Å². The summed E-state index contributed by atoms with van der Waals surface area (Å²) in [4.78, 5) is 13.7. The Hall–Kier alpha value is -3.30. The van der Waals surface area contributed by atoms with Crippen LogP contribution in [0.4, 0.5) is 0 Å². The van der Waals surface area contributed by atoms with Gasteiger partial charge in [0.05, 0.1) is 4.90 Å². The first kappa shape index (κ1) is 24.8. The van der Waals surface area contributed by atoms with E-state index in [1.165, 1.54) is 33.1 Å². The summed E-state index contributed by atoms with van der Waals surface area (Å²) in [6, 6.07) is 27.2. The van der Waals surface area contributed by atoms with Gasteiger partial charge in [-0.25, -0.2) is 13.9 Å². The lowest BCUT2D eigenvalue weighted by Gasteiger charge is -2.36. The predicted octanol–water partition coefficient (Wildman–Crippen LogP) is 3.34. The Labute approximate surface area is 206 Å². The molecule has 1 aliphatic heterocycles. The molecule has 8 heteroatoms. The Balaban J connectivity index is 1.44. The Kier molecular flexibility index (Phi) is 8.09. The molecule has 0 unspecified atom stereocenters. The molecule has 0 aromatic heterocycles. The molecular formula is C27H29N3O4S. The van der Waals surface area contributed by atoms with Gasteiger partial charge >= 0.3 is 0 Å². The van der Waals surface area contributed by atoms with Crippen LogP contribution in [0.5, 0.6) is 0 Å². The summed E-state index contributed by atoms with van der Waals surface area (Å²) in [6.07, 6.45) is 2.59. The number of hydroxylamine groups is 1. The van der Waals surface area contributed by atoms with Gasteiger partial charge in [0, 0.05) is 44.7 Å². The van der Waals surface area contributed by atoms with E-state index in [2.05, 4.69) is 53.4 Å². The van der Waals surface area contributed by atoms with Crippen molar-refractivity contribution >= 4 is 22.0 Å². The highest BCUT2D eigenvalue weighted by molar-refractivity contribution is 7.89. The summed E-state index contributed by atoms with van der Waals surface area (Å²) >= 11 is 0. The normalized spacial score (nSPS) is 15.5. The maximum Gasteiger partial charge on any atom is 0.267 e. The largest absolute Gasteiger partial charge is 0.300 e. The van der Waals surface area contributed by atoms with Gasteiger partial charge in [0.25, 0.3) is 5.91 Å². The minimum absolute atomic E-state index is 0.184. The standard InChI is InChI=1S/C27H29N3O4S/c31-27(28-32)15-14-22-8-7-13-25(20-22)35(33,34)30-18-16-29(17-19-30)21-26(23-9-3-1-4-10-23)24-11-5-2-6-12-24/h1-15,20,26,32H,16-19,21H2,(H,28,31). The van der Waals surface area contributed by atoms with E-state index < -0.39 is 15.9 Å². The molecule has 2 N–H and O–H groups in total. The van der Waals surface area contributed by atoms with Gasteiger partial charge in [-0.15, -0.1) is 0 Å². The molecule has 0 aliphatic carbocycles. The van der Waals surface area contributed by atoms with Gasteiger partial charge in [0.15, 0.2) is 0 Å². The van der Waals surface area contributed by atoms with Crippen LogP contribution in [-0.4, -0.2) is 61.5 Å². The van der Waals surface area contributed by atoms with Crippen LogP contribution in [0.2, 0.25) is 0 Å². The van der Waals surface area contributed by atoms with Crippen molar-refractivity contribution in [2.24, 2.45) is 0 Å². The van der Waals surface area contributed by atoms with Gasteiger partial charge in [0.2, 0.25) is 10.0 Å². The maximum absolute atomic E-state index is 13.3. The SMILES string of the molecule is O=C(C=Cc1cccc(S(=O)(=O)N2CCN(CC(c3ccccc3)c3ccccc3)CC2)c1)NO. The Morgan fingerprint density at radius 2 is 1.49 bits per heavy atom. The topological polar surface area (TPSA) is 90.0 Å². The molecule has 3 aromatic carbocycles. The van der Waals surface area contributed by atoms with Crippen molar-refractivity contribution in [1.29, 1.82) is 0 Å². The van der Waals surface area contributed by atoms with Crippen molar-refractivity contribution in [3.8, 4) is 0 Å². The minimum Gasteiger partial charge on any atom is -0.300 e. The van der Waals surface area contributed by atoms with Gasteiger partial charge in [0.1, 0.15) is 0 Å². The highest BCUT2D eigenvalue weighted by atomic mass is 32.2. The third-order valence-electron chi connectivity index (χ3n) is 6.21. The molecule has 0 radical (unpaired) electrons. The number of hydrogen-bond acceptors (Lipinski definition) is 5. The molecule has 0 bridgehead atoms. The molecule has 1 heterocycles. The van der Waals surface area contributed by atoms with Gasteiger partial charge in [-0.1, -0.05) is 72.8 Å². The van der Waals surface area contributed by atoms with E-state index in [1.54, 1.807) is 18.2 Å². The van der Waals surface area contributed by atoms with Gasteiger partial charge < -0.3 is 0 Å². The fourth-order valence-corrected chi connectivity index (χ4v) is 5.80. The average Bonchev–Trinajstić information content (AvgIpc) is 2.91. The van der Waals surface area contributed by atoms with Gasteiger partial charge in [-0.3, -0.25) is 14.9 Å². The lowest BCUT2D eigenvalue weighted by molar-refractivity contribution is -0.124. The third-order valence-corrected chi connectivity index (χ3v) is 8.10. The summed E-state index contributed by atoms with van der Waals surface area (Å²) in [7, 11) is -3.66. The van der Waals surface area contributed by atoms with Crippen molar-refractivity contribution in [3.63, 3.8) is 0 Å². The van der Waals surface area contributed by atoms with Crippen LogP contribution in [0.15, 0.2) is 95.9 Å². The first-order chi connectivity index (χ1) is 17.0. The highest BCUT2D eigenvalue weighted by Crippen LogP contribution is 2.27. The van der Waals surface area contributed by atoms with Crippen LogP contribution in [0, 0.1) is 0 Å². The van der Waals surface area contributed by atoms with E-state index in [0.717, 1.165) is 12.6 Å². The number of sulfonamides is 1. The number of nitrogens with zero attached hydrogens (tertiary/aromatic N) is 2. The van der Waals surface area contributed by atoms with Crippen LogP contribution in [0.3, 0.4) is 0 Å². The van der Waals surface area contributed by atoms with Gasteiger partial charge in [-0.05, 0) is 34.9 Å². The van der Waals surface area contributed by atoms with Crippen LogP contribution >= 0.6 is 0 Å². The fraction of sp³-hybridized carbons (Fsp3) is 0.222. The molecule has 182 valence electrons. The first-order valence-corrected chi connectivity index (χ1v) is 13.0. The number of carbonyl (C=O) groups excluding carboxylic acids is 1. The zero-order chi connectivity index (χ0) is 24.7. The molecule has 0 saturated carbocycles. The van der Waals surface area contributed by atoms with Crippen molar-refractivity contribution in [2.75, 3.05) is 32.7 Å². The van der Waals surface area contributed by atoms with Crippen LogP contribution in [-0.2, 0) is 14.8 Å². The summed E-state index contributed by atoms with van der Waals surface area (Å²) in [5.74, 6) is -0.473.